The number of carbonyl (C=O) groups is 2. The minimum Gasteiger partial charge on any atom is -0.461 e. The van der Waals surface area contributed by atoms with Crippen LogP contribution >= 0.6 is 27.3 Å². The van der Waals surface area contributed by atoms with Crippen LogP contribution in [-0.2, 0) is 19.2 Å². The highest BCUT2D eigenvalue weighted by Gasteiger charge is 2.23. The van der Waals surface area contributed by atoms with Gasteiger partial charge in [-0.2, -0.15) is 0 Å². The quantitative estimate of drug-likeness (QED) is 0.367. The molecule has 0 aliphatic carbocycles. The van der Waals surface area contributed by atoms with Crippen LogP contribution < -0.4 is 5.32 Å². The van der Waals surface area contributed by atoms with Gasteiger partial charge in [0.15, 0.2) is 5.13 Å². The van der Waals surface area contributed by atoms with E-state index in [0.29, 0.717) is 15.3 Å². The molecule has 1 N–H and O–H groups in total. The molecular formula is C9H10BrN3O4S. The number of rotatable bonds is 6. The fourth-order valence-corrected chi connectivity index (χ4v) is 2.42. The van der Waals surface area contributed by atoms with Crippen LogP contribution in [0.15, 0.2) is 8.94 Å². The Balaban J connectivity index is 3.09. The van der Waals surface area contributed by atoms with Crippen molar-refractivity contribution < 1.29 is 19.2 Å². The minimum atomic E-state index is -0.650. The monoisotopic (exact) mass is 335 g/mol. The molecule has 1 aromatic heterocycles. The van der Waals surface area contributed by atoms with Gasteiger partial charge in [-0.05, 0) is 22.9 Å². The van der Waals surface area contributed by atoms with Crippen LogP contribution in [-0.4, -0.2) is 36.8 Å². The average Bonchev–Trinajstić information content (AvgIpc) is 2.68. The van der Waals surface area contributed by atoms with Crippen LogP contribution in [0.4, 0.5) is 5.13 Å². The number of aromatic nitrogens is 1. The van der Waals surface area contributed by atoms with E-state index in [4.69, 9.17) is 4.74 Å². The van der Waals surface area contributed by atoms with Crippen LogP contribution in [0, 0.1) is 0 Å². The Labute approximate surface area is 115 Å². The second-order valence-corrected chi connectivity index (χ2v) is 5.06. The van der Waals surface area contributed by atoms with Crippen LogP contribution in [0.5, 0.6) is 0 Å². The van der Waals surface area contributed by atoms with Gasteiger partial charge in [-0.25, -0.2) is 9.78 Å². The van der Waals surface area contributed by atoms with Crippen molar-refractivity contribution in [2.75, 3.05) is 19.0 Å². The maximum absolute atomic E-state index is 11.7. The van der Waals surface area contributed by atoms with Gasteiger partial charge in [0.1, 0.15) is 16.6 Å². The number of hydrogen-bond donors (Lipinski definition) is 1. The standard InChI is InChI=1S/C9H10BrN3O4S/c1-3-17-8(15)6(13-16-2)5-7(10)18-9(12-5)11-4-14/h4H,3H2,1-2H3,(H,11,12,14). The first kappa shape index (κ1) is 14.6. The maximum atomic E-state index is 11.7. The average molecular weight is 336 g/mol. The van der Waals surface area contributed by atoms with Gasteiger partial charge in [0.2, 0.25) is 12.1 Å². The largest absolute Gasteiger partial charge is 0.461 e. The number of halogens is 1. The summed E-state index contributed by atoms with van der Waals surface area (Å²) in [4.78, 5) is 30.6. The Hall–Kier alpha value is -1.48. The summed E-state index contributed by atoms with van der Waals surface area (Å²) in [6.45, 7) is 1.89. The van der Waals surface area contributed by atoms with Crippen molar-refractivity contribution in [3.63, 3.8) is 0 Å². The predicted molar refractivity (Wildman–Crippen MR) is 69.7 cm³/mol. The molecule has 0 aromatic carbocycles. The third-order valence-electron chi connectivity index (χ3n) is 1.64. The molecule has 0 saturated heterocycles. The molecular weight excluding hydrogens is 326 g/mol. The number of ether oxygens (including phenoxy) is 1. The normalized spacial score (nSPS) is 10.9. The summed E-state index contributed by atoms with van der Waals surface area (Å²) in [5.74, 6) is -0.650. The van der Waals surface area contributed by atoms with Gasteiger partial charge in [-0.1, -0.05) is 16.5 Å². The first-order valence-electron chi connectivity index (χ1n) is 4.79. The molecule has 1 amide bonds. The van der Waals surface area contributed by atoms with Crippen LogP contribution in [0.25, 0.3) is 0 Å². The van der Waals surface area contributed by atoms with Gasteiger partial charge >= 0.3 is 5.97 Å². The third-order valence-corrected chi connectivity index (χ3v) is 3.28. The van der Waals surface area contributed by atoms with E-state index in [1.54, 1.807) is 6.92 Å². The lowest BCUT2D eigenvalue weighted by Crippen LogP contribution is -2.20. The van der Waals surface area contributed by atoms with Gasteiger partial charge in [0.25, 0.3) is 0 Å². The van der Waals surface area contributed by atoms with Gasteiger partial charge in [-0.3, -0.25) is 4.79 Å². The molecule has 0 aliphatic heterocycles. The molecule has 1 rings (SSSR count). The highest BCUT2D eigenvalue weighted by molar-refractivity contribution is 9.11. The van der Waals surface area contributed by atoms with Crippen molar-refractivity contribution in [1.29, 1.82) is 0 Å². The van der Waals surface area contributed by atoms with Crippen molar-refractivity contribution >= 4 is 50.5 Å². The summed E-state index contributed by atoms with van der Waals surface area (Å²) >= 11 is 4.38. The van der Waals surface area contributed by atoms with Crippen LogP contribution in [0.3, 0.4) is 0 Å². The van der Waals surface area contributed by atoms with E-state index in [-0.39, 0.29) is 18.0 Å². The molecule has 0 unspecified atom stereocenters. The predicted octanol–water partition coefficient (Wildman–Crippen LogP) is 1.39. The number of nitrogens with zero attached hydrogens (tertiary/aromatic N) is 2. The Bertz CT molecular complexity index is 474. The van der Waals surface area contributed by atoms with Crippen molar-refractivity contribution in [3.05, 3.63) is 9.48 Å². The van der Waals surface area contributed by atoms with E-state index >= 15 is 0 Å². The van der Waals surface area contributed by atoms with E-state index < -0.39 is 5.97 Å². The summed E-state index contributed by atoms with van der Waals surface area (Å²) in [5.41, 5.74) is 0.186. The SMILES string of the molecule is CCOC(=O)C(=NOC)c1nc(NC=O)sc1Br. The summed E-state index contributed by atoms with van der Waals surface area (Å²) in [6.07, 6.45) is 0.493. The van der Waals surface area contributed by atoms with Crippen molar-refractivity contribution in [2.45, 2.75) is 6.92 Å². The first-order valence-corrected chi connectivity index (χ1v) is 6.40. The molecule has 0 fully saturated rings. The summed E-state index contributed by atoms with van der Waals surface area (Å²) in [6, 6.07) is 0. The lowest BCUT2D eigenvalue weighted by atomic mass is 10.3. The van der Waals surface area contributed by atoms with E-state index in [1.165, 1.54) is 7.11 Å². The van der Waals surface area contributed by atoms with Crippen molar-refractivity contribution in [1.82, 2.24) is 4.98 Å². The molecule has 9 heteroatoms. The molecule has 0 spiro atoms. The topological polar surface area (TPSA) is 89.9 Å². The third kappa shape index (κ3) is 3.50. The molecule has 1 heterocycles. The van der Waals surface area contributed by atoms with Crippen LogP contribution in [0.2, 0.25) is 0 Å². The second-order valence-electron chi connectivity index (χ2n) is 2.75. The highest BCUT2D eigenvalue weighted by atomic mass is 79.9. The first-order chi connectivity index (χ1) is 8.63. The lowest BCUT2D eigenvalue weighted by Gasteiger charge is -2.02. The van der Waals surface area contributed by atoms with Gasteiger partial charge in [0, 0.05) is 0 Å². The minimum absolute atomic E-state index is 0.0681. The van der Waals surface area contributed by atoms with Crippen LogP contribution in [0.1, 0.15) is 12.6 Å². The number of carbonyl (C=O) groups excluding carboxylic acids is 2. The van der Waals surface area contributed by atoms with Gasteiger partial charge < -0.3 is 14.9 Å². The fraction of sp³-hybridized carbons (Fsp3) is 0.333. The smallest absolute Gasteiger partial charge is 0.362 e. The van der Waals surface area contributed by atoms with E-state index in [0.717, 1.165) is 11.3 Å². The molecule has 98 valence electrons. The number of esters is 1. The second kappa shape index (κ2) is 7.07. The maximum Gasteiger partial charge on any atom is 0.362 e. The number of thiazole rings is 1. The zero-order chi connectivity index (χ0) is 13.5. The Morgan fingerprint density at radius 2 is 2.39 bits per heavy atom. The zero-order valence-corrected chi connectivity index (χ0v) is 12.0. The fourth-order valence-electron chi connectivity index (χ4n) is 1.03. The number of anilines is 1. The Morgan fingerprint density at radius 3 is 2.94 bits per heavy atom. The van der Waals surface area contributed by atoms with E-state index in [1.807, 2.05) is 0 Å². The molecule has 7 nitrogen and oxygen atoms in total. The summed E-state index contributed by atoms with van der Waals surface area (Å²) < 4.78 is 5.38. The van der Waals surface area contributed by atoms with Gasteiger partial charge in [-0.15, -0.1) is 0 Å². The lowest BCUT2D eigenvalue weighted by molar-refractivity contribution is -0.135. The number of hydrogen-bond acceptors (Lipinski definition) is 7. The Morgan fingerprint density at radius 1 is 1.67 bits per heavy atom. The van der Waals surface area contributed by atoms with Crippen molar-refractivity contribution in [2.24, 2.45) is 5.16 Å². The molecule has 0 aliphatic rings. The van der Waals surface area contributed by atoms with Crippen molar-refractivity contribution in [3.8, 4) is 0 Å². The zero-order valence-electron chi connectivity index (χ0n) is 9.60. The number of nitrogens with one attached hydrogen (secondary N) is 1. The molecule has 0 saturated carbocycles. The summed E-state index contributed by atoms with van der Waals surface area (Å²) in [5, 5.41) is 6.31. The Kier molecular flexibility index (Phi) is 5.72. The molecule has 0 bridgehead atoms. The number of amides is 1. The molecule has 1 aromatic rings. The molecule has 18 heavy (non-hydrogen) atoms. The summed E-state index contributed by atoms with van der Waals surface area (Å²) in [7, 11) is 1.31. The van der Waals surface area contributed by atoms with E-state index in [9.17, 15) is 9.59 Å². The molecule has 0 radical (unpaired) electrons. The molecule has 0 atom stereocenters. The number of oxime groups is 1. The van der Waals surface area contributed by atoms with E-state index in [2.05, 4.69) is 36.2 Å². The van der Waals surface area contributed by atoms with Gasteiger partial charge in [0.05, 0.1) is 6.61 Å². The highest BCUT2D eigenvalue weighted by Crippen LogP contribution is 2.29.